The van der Waals surface area contributed by atoms with Crippen molar-refractivity contribution in [1.82, 2.24) is 5.32 Å². The highest BCUT2D eigenvalue weighted by Crippen LogP contribution is 2.23. The predicted octanol–water partition coefficient (Wildman–Crippen LogP) is 4.07. The molecule has 2 rings (SSSR count). The fraction of sp³-hybridized carbons (Fsp3) is 0.316. The van der Waals surface area contributed by atoms with Crippen molar-refractivity contribution < 1.29 is 9.53 Å². The number of benzene rings is 2. The average Bonchev–Trinajstić information content (AvgIpc) is 2.56. The van der Waals surface area contributed by atoms with Gasteiger partial charge in [0.1, 0.15) is 5.75 Å². The van der Waals surface area contributed by atoms with Gasteiger partial charge in [0.25, 0.3) is 0 Å². The number of ether oxygens (including phenoxy) is 1. The van der Waals surface area contributed by atoms with Crippen LogP contribution in [-0.2, 0) is 4.79 Å². The molecule has 1 N–H and O–H groups in total. The molecule has 3 heteroatoms. The molecule has 2 aromatic rings. The van der Waals surface area contributed by atoms with Crippen LogP contribution in [0.25, 0.3) is 0 Å². The highest BCUT2D eigenvalue weighted by molar-refractivity contribution is 5.83. The van der Waals surface area contributed by atoms with Crippen LogP contribution in [0.2, 0.25) is 0 Å². The smallest absolute Gasteiger partial charge is 0.228 e. The minimum atomic E-state index is -0.116. The van der Waals surface area contributed by atoms with E-state index in [0.29, 0.717) is 0 Å². The van der Waals surface area contributed by atoms with Crippen molar-refractivity contribution in [2.24, 2.45) is 0 Å². The second-order valence-corrected chi connectivity index (χ2v) is 5.38. The highest BCUT2D eigenvalue weighted by Gasteiger charge is 2.20. The zero-order valence-corrected chi connectivity index (χ0v) is 13.4. The van der Waals surface area contributed by atoms with Gasteiger partial charge in [-0.15, -0.1) is 0 Å². The number of amides is 1. The van der Waals surface area contributed by atoms with Gasteiger partial charge in [0, 0.05) is 0 Å². The van der Waals surface area contributed by atoms with Gasteiger partial charge in [-0.2, -0.15) is 0 Å². The maximum Gasteiger partial charge on any atom is 0.228 e. The molecule has 0 aromatic heterocycles. The number of hydrogen-bond acceptors (Lipinski definition) is 2. The second kappa shape index (κ2) is 7.64. The van der Waals surface area contributed by atoms with Crippen LogP contribution in [-0.4, -0.2) is 13.0 Å². The molecule has 0 fully saturated rings. The summed E-state index contributed by atoms with van der Waals surface area (Å²) in [5.41, 5.74) is 2.09. The van der Waals surface area contributed by atoms with Crippen molar-refractivity contribution in [3.05, 3.63) is 65.7 Å². The molecule has 0 unspecified atom stereocenters. The predicted molar refractivity (Wildman–Crippen MR) is 89.0 cm³/mol. The van der Waals surface area contributed by atoms with Gasteiger partial charge in [0.2, 0.25) is 5.91 Å². The number of nitrogens with one attached hydrogen (secondary N) is 1. The van der Waals surface area contributed by atoms with Crippen LogP contribution < -0.4 is 10.1 Å². The number of carbonyl (C=O) groups is 1. The molecule has 0 bridgehead atoms. The van der Waals surface area contributed by atoms with Crippen molar-refractivity contribution in [3.63, 3.8) is 0 Å². The van der Waals surface area contributed by atoms with Crippen LogP contribution in [0, 0.1) is 0 Å². The van der Waals surface area contributed by atoms with Crippen molar-refractivity contribution in [3.8, 4) is 5.75 Å². The second-order valence-electron chi connectivity index (χ2n) is 5.38. The number of hydrogen-bond donors (Lipinski definition) is 1. The zero-order chi connectivity index (χ0) is 15.9. The Hall–Kier alpha value is -2.29. The molecular weight excluding hydrogens is 274 g/mol. The average molecular weight is 297 g/mol. The molecule has 22 heavy (non-hydrogen) atoms. The summed E-state index contributed by atoms with van der Waals surface area (Å²) in [5, 5.41) is 3.10. The Kier molecular flexibility index (Phi) is 5.59. The number of rotatable bonds is 6. The zero-order valence-electron chi connectivity index (χ0n) is 13.4. The molecule has 3 nitrogen and oxygen atoms in total. The lowest BCUT2D eigenvalue weighted by atomic mass is 9.95. The van der Waals surface area contributed by atoms with E-state index in [2.05, 4.69) is 5.32 Å². The van der Waals surface area contributed by atoms with Crippen LogP contribution in [0.3, 0.4) is 0 Å². The fourth-order valence-corrected chi connectivity index (χ4v) is 2.57. The van der Waals surface area contributed by atoms with Crippen molar-refractivity contribution in [1.29, 1.82) is 0 Å². The summed E-state index contributed by atoms with van der Waals surface area (Å²) >= 11 is 0. The molecule has 2 atom stereocenters. The first-order valence-corrected chi connectivity index (χ1v) is 7.65. The van der Waals surface area contributed by atoms with Crippen LogP contribution in [0.4, 0.5) is 0 Å². The standard InChI is InChI=1S/C19H23NO2/c1-4-18(15-9-6-5-7-10-15)19(21)20-14(2)16-11-8-12-17(13-16)22-3/h5-14,18H,4H2,1-3H3,(H,20,21)/t14-,18+/m0/s1. The monoisotopic (exact) mass is 297 g/mol. The van der Waals surface area contributed by atoms with E-state index in [1.54, 1.807) is 7.11 Å². The summed E-state index contributed by atoms with van der Waals surface area (Å²) < 4.78 is 5.24. The maximum absolute atomic E-state index is 12.6. The SMILES string of the molecule is CC[C@@H](C(=O)N[C@@H](C)c1cccc(OC)c1)c1ccccc1. The van der Waals surface area contributed by atoms with Gasteiger partial charge in [-0.25, -0.2) is 0 Å². The molecule has 116 valence electrons. The first kappa shape index (κ1) is 16.1. The largest absolute Gasteiger partial charge is 0.497 e. The molecule has 0 aliphatic rings. The normalized spacial score (nSPS) is 13.2. The molecule has 0 spiro atoms. The molecule has 1 amide bonds. The molecule has 0 aliphatic heterocycles. The minimum Gasteiger partial charge on any atom is -0.497 e. The third kappa shape index (κ3) is 3.88. The van der Waals surface area contributed by atoms with Gasteiger partial charge in [-0.3, -0.25) is 4.79 Å². The molecule has 0 aliphatic carbocycles. The molecule has 0 saturated carbocycles. The number of carbonyl (C=O) groups excluding carboxylic acids is 1. The van der Waals surface area contributed by atoms with Crippen molar-refractivity contribution >= 4 is 5.91 Å². The maximum atomic E-state index is 12.6. The van der Waals surface area contributed by atoms with Crippen LogP contribution in [0.15, 0.2) is 54.6 Å². The first-order valence-electron chi connectivity index (χ1n) is 7.65. The Balaban J connectivity index is 2.09. The Labute approximate surface area is 132 Å². The molecule has 0 saturated heterocycles. The van der Waals surface area contributed by atoms with E-state index in [-0.39, 0.29) is 17.9 Å². The van der Waals surface area contributed by atoms with E-state index < -0.39 is 0 Å². The summed E-state index contributed by atoms with van der Waals surface area (Å²) in [6.45, 7) is 4.03. The molecular formula is C19H23NO2. The van der Waals surface area contributed by atoms with Gasteiger partial charge in [-0.05, 0) is 36.6 Å². The number of methoxy groups -OCH3 is 1. The van der Waals surface area contributed by atoms with E-state index >= 15 is 0 Å². The van der Waals surface area contributed by atoms with Gasteiger partial charge < -0.3 is 10.1 Å². The van der Waals surface area contributed by atoms with Gasteiger partial charge >= 0.3 is 0 Å². The first-order chi connectivity index (χ1) is 10.7. The summed E-state index contributed by atoms with van der Waals surface area (Å²) in [4.78, 5) is 12.6. The lowest BCUT2D eigenvalue weighted by Gasteiger charge is -2.20. The molecule has 2 aromatic carbocycles. The van der Waals surface area contributed by atoms with Crippen molar-refractivity contribution in [2.75, 3.05) is 7.11 Å². The van der Waals surface area contributed by atoms with Gasteiger partial charge in [-0.1, -0.05) is 49.4 Å². The Morgan fingerprint density at radius 3 is 2.41 bits per heavy atom. The molecule has 0 heterocycles. The van der Waals surface area contributed by atoms with Gasteiger partial charge in [0.15, 0.2) is 0 Å². The van der Waals surface area contributed by atoms with Crippen LogP contribution >= 0.6 is 0 Å². The topological polar surface area (TPSA) is 38.3 Å². The van der Waals surface area contributed by atoms with Crippen LogP contribution in [0.5, 0.6) is 5.75 Å². The fourth-order valence-electron chi connectivity index (χ4n) is 2.57. The Morgan fingerprint density at radius 2 is 1.77 bits per heavy atom. The van der Waals surface area contributed by atoms with Gasteiger partial charge in [0.05, 0.1) is 19.1 Å². The Morgan fingerprint density at radius 1 is 1.09 bits per heavy atom. The minimum absolute atomic E-state index is 0.0552. The summed E-state index contributed by atoms with van der Waals surface area (Å²) in [5.74, 6) is 0.743. The summed E-state index contributed by atoms with van der Waals surface area (Å²) in [7, 11) is 1.64. The van der Waals surface area contributed by atoms with Crippen molar-refractivity contribution in [2.45, 2.75) is 32.2 Å². The van der Waals surface area contributed by atoms with E-state index in [4.69, 9.17) is 4.74 Å². The van der Waals surface area contributed by atoms with E-state index in [9.17, 15) is 4.79 Å². The van der Waals surface area contributed by atoms with E-state index in [1.807, 2.05) is 68.4 Å². The summed E-state index contributed by atoms with van der Waals surface area (Å²) in [6, 6.07) is 17.6. The third-order valence-electron chi connectivity index (χ3n) is 3.88. The lowest BCUT2D eigenvalue weighted by molar-refractivity contribution is -0.123. The third-order valence-corrected chi connectivity index (χ3v) is 3.88. The lowest BCUT2D eigenvalue weighted by Crippen LogP contribution is -2.31. The summed E-state index contributed by atoms with van der Waals surface area (Å²) in [6.07, 6.45) is 0.778. The molecule has 0 radical (unpaired) electrons. The highest BCUT2D eigenvalue weighted by atomic mass is 16.5. The van der Waals surface area contributed by atoms with E-state index in [1.165, 1.54) is 0 Å². The van der Waals surface area contributed by atoms with Crippen LogP contribution in [0.1, 0.15) is 43.4 Å². The Bertz CT molecular complexity index is 610. The quantitative estimate of drug-likeness (QED) is 0.873. The van der Waals surface area contributed by atoms with E-state index in [0.717, 1.165) is 23.3 Å².